The van der Waals surface area contributed by atoms with Crippen molar-refractivity contribution < 1.29 is 9.53 Å². The third-order valence-electron chi connectivity index (χ3n) is 5.13. The maximum absolute atomic E-state index is 13.0. The van der Waals surface area contributed by atoms with Crippen molar-refractivity contribution in [2.24, 2.45) is 0 Å². The molecule has 6 nitrogen and oxygen atoms in total. The van der Waals surface area contributed by atoms with Gasteiger partial charge < -0.3 is 15.0 Å². The van der Waals surface area contributed by atoms with Gasteiger partial charge in [-0.3, -0.25) is 9.48 Å². The van der Waals surface area contributed by atoms with Gasteiger partial charge in [-0.2, -0.15) is 5.10 Å². The van der Waals surface area contributed by atoms with Crippen LogP contribution in [-0.2, 0) is 6.54 Å². The van der Waals surface area contributed by atoms with Crippen LogP contribution in [0.2, 0.25) is 0 Å². The van der Waals surface area contributed by atoms with Crippen molar-refractivity contribution in [3.63, 3.8) is 0 Å². The zero-order chi connectivity index (χ0) is 22.3. The Morgan fingerprint density at radius 1 is 0.969 bits per heavy atom. The number of ether oxygens (including phenoxy) is 1. The van der Waals surface area contributed by atoms with Crippen molar-refractivity contribution in [2.75, 3.05) is 30.9 Å². The number of nitrogens with zero attached hydrogens (tertiary/aromatic N) is 3. The van der Waals surface area contributed by atoms with Crippen molar-refractivity contribution in [3.05, 3.63) is 96.8 Å². The van der Waals surface area contributed by atoms with E-state index in [-0.39, 0.29) is 5.91 Å². The first-order valence-electron chi connectivity index (χ1n) is 10.5. The van der Waals surface area contributed by atoms with Crippen molar-refractivity contribution in [2.45, 2.75) is 6.54 Å². The Bertz CT molecular complexity index is 1150. The zero-order valence-electron chi connectivity index (χ0n) is 18.2. The van der Waals surface area contributed by atoms with Gasteiger partial charge in [0, 0.05) is 43.4 Å². The zero-order valence-corrected chi connectivity index (χ0v) is 18.2. The quantitative estimate of drug-likeness (QED) is 0.433. The van der Waals surface area contributed by atoms with Crippen LogP contribution >= 0.6 is 0 Å². The van der Waals surface area contributed by atoms with Crippen LogP contribution < -0.4 is 15.0 Å². The summed E-state index contributed by atoms with van der Waals surface area (Å²) in [7, 11) is 4.01. The number of hydrogen-bond donors (Lipinski definition) is 1. The average molecular weight is 427 g/mol. The summed E-state index contributed by atoms with van der Waals surface area (Å²) in [6.07, 6.45) is 3.64. The molecular weight excluding hydrogens is 400 g/mol. The summed E-state index contributed by atoms with van der Waals surface area (Å²) >= 11 is 0. The van der Waals surface area contributed by atoms with E-state index in [1.54, 1.807) is 6.20 Å². The Kier molecular flexibility index (Phi) is 6.51. The third kappa shape index (κ3) is 5.16. The van der Waals surface area contributed by atoms with Crippen LogP contribution in [0.1, 0.15) is 10.4 Å². The minimum Gasteiger partial charge on any atom is -0.492 e. The molecule has 0 aliphatic heterocycles. The van der Waals surface area contributed by atoms with Crippen LogP contribution in [0, 0.1) is 0 Å². The molecule has 0 saturated carbocycles. The highest BCUT2D eigenvalue weighted by molar-refractivity contribution is 6.08. The minimum absolute atomic E-state index is 0.148. The van der Waals surface area contributed by atoms with Crippen molar-refractivity contribution in [1.29, 1.82) is 0 Å². The number of hydrogen-bond acceptors (Lipinski definition) is 4. The fourth-order valence-corrected chi connectivity index (χ4v) is 3.39. The van der Waals surface area contributed by atoms with E-state index in [0.29, 0.717) is 24.4 Å². The minimum atomic E-state index is -0.148. The highest BCUT2D eigenvalue weighted by Gasteiger charge is 2.13. The number of carbonyl (C=O) groups excluding carboxylic acids is 1. The largest absolute Gasteiger partial charge is 0.492 e. The maximum Gasteiger partial charge on any atom is 0.256 e. The molecule has 32 heavy (non-hydrogen) atoms. The van der Waals surface area contributed by atoms with Gasteiger partial charge in [0.25, 0.3) is 5.91 Å². The number of benzene rings is 3. The Morgan fingerprint density at radius 3 is 2.41 bits per heavy atom. The van der Waals surface area contributed by atoms with E-state index in [1.165, 1.54) is 0 Å². The van der Waals surface area contributed by atoms with Crippen LogP contribution in [0.5, 0.6) is 5.75 Å². The van der Waals surface area contributed by atoms with Crippen molar-refractivity contribution >= 4 is 17.3 Å². The van der Waals surface area contributed by atoms with E-state index in [9.17, 15) is 4.79 Å². The summed E-state index contributed by atoms with van der Waals surface area (Å²) in [6.45, 7) is 1.20. The average Bonchev–Trinajstić information content (AvgIpc) is 3.34. The van der Waals surface area contributed by atoms with E-state index in [4.69, 9.17) is 4.74 Å². The molecule has 0 aliphatic carbocycles. The van der Waals surface area contributed by atoms with Gasteiger partial charge in [-0.25, -0.2) is 0 Å². The van der Waals surface area contributed by atoms with E-state index in [1.807, 2.05) is 96.6 Å². The highest BCUT2D eigenvalue weighted by atomic mass is 16.5. The van der Waals surface area contributed by atoms with E-state index in [2.05, 4.69) is 22.5 Å². The van der Waals surface area contributed by atoms with Gasteiger partial charge in [-0.05, 0) is 59.7 Å². The Labute approximate surface area is 188 Å². The molecule has 3 aromatic carbocycles. The normalized spacial score (nSPS) is 10.6. The molecule has 1 aromatic heterocycles. The monoisotopic (exact) mass is 426 g/mol. The third-order valence-corrected chi connectivity index (χ3v) is 5.13. The molecule has 1 heterocycles. The lowest BCUT2D eigenvalue weighted by molar-refractivity contribution is 0.102. The molecule has 0 fully saturated rings. The lowest BCUT2D eigenvalue weighted by Crippen LogP contribution is -2.13. The van der Waals surface area contributed by atoms with E-state index in [0.717, 1.165) is 22.6 Å². The number of carbonyl (C=O) groups is 1. The Hall–Kier alpha value is -4.06. The molecule has 0 saturated heterocycles. The second-order valence-corrected chi connectivity index (χ2v) is 7.58. The van der Waals surface area contributed by atoms with Gasteiger partial charge in [0.1, 0.15) is 12.4 Å². The smallest absolute Gasteiger partial charge is 0.256 e. The second kappa shape index (κ2) is 9.83. The molecule has 0 aliphatic rings. The number of amides is 1. The lowest BCUT2D eigenvalue weighted by Gasteiger charge is -2.14. The van der Waals surface area contributed by atoms with Crippen molar-refractivity contribution in [3.8, 4) is 16.9 Å². The second-order valence-electron chi connectivity index (χ2n) is 7.58. The fraction of sp³-hybridized carbons (Fsp3) is 0.154. The predicted octanol–water partition coefficient (Wildman–Crippen LogP) is 4.95. The summed E-state index contributed by atoms with van der Waals surface area (Å²) in [5.41, 5.74) is 4.36. The van der Waals surface area contributed by atoms with Gasteiger partial charge in [0.15, 0.2) is 0 Å². The summed E-state index contributed by atoms with van der Waals surface area (Å²) in [5, 5.41) is 7.14. The summed E-state index contributed by atoms with van der Waals surface area (Å²) in [4.78, 5) is 15.1. The Morgan fingerprint density at radius 2 is 1.72 bits per heavy atom. The van der Waals surface area contributed by atoms with Gasteiger partial charge in [0.2, 0.25) is 0 Å². The first kappa shape index (κ1) is 21.2. The molecule has 1 amide bonds. The molecule has 6 heteroatoms. The molecule has 0 bridgehead atoms. The lowest BCUT2D eigenvalue weighted by atomic mass is 9.99. The van der Waals surface area contributed by atoms with Crippen LogP contribution in [0.3, 0.4) is 0 Å². The molecule has 4 rings (SSSR count). The SMILES string of the molecule is CN(C)c1ccc(-c2ccccc2C(=O)Nc2ccc(OCCn3cccn3)cc2)cc1. The predicted molar refractivity (Wildman–Crippen MR) is 128 cm³/mol. The molecular formula is C26H26N4O2. The summed E-state index contributed by atoms with van der Waals surface area (Å²) in [5.74, 6) is 0.598. The number of rotatable bonds is 8. The van der Waals surface area contributed by atoms with Gasteiger partial charge in [-0.1, -0.05) is 30.3 Å². The molecule has 4 aromatic rings. The first-order valence-corrected chi connectivity index (χ1v) is 10.5. The molecule has 162 valence electrons. The van der Waals surface area contributed by atoms with Crippen LogP contribution in [0.25, 0.3) is 11.1 Å². The molecule has 0 unspecified atom stereocenters. The highest BCUT2D eigenvalue weighted by Crippen LogP contribution is 2.27. The van der Waals surface area contributed by atoms with Gasteiger partial charge in [0.05, 0.1) is 6.54 Å². The van der Waals surface area contributed by atoms with Crippen molar-refractivity contribution in [1.82, 2.24) is 9.78 Å². The Balaban J connectivity index is 1.41. The summed E-state index contributed by atoms with van der Waals surface area (Å²) < 4.78 is 7.57. The fourth-order valence-electron chi connectivity index (χ4n) is 3.39. The number of nitrogens with one attached hydrogen (secondary N) is 1. The van der Waals surface area contributed by atoms with E-state index >= 15 is 0 Å². The van der Waals surface area contributed by atoms with Crippen LogP contribution in [0.4, 0.5) is 11.4 Å². The maximum atomic E-state index is 13.0. The number of aromatic nitrogens is 2. The van der Waals surface area contributed by atoms with Gasteiger partial charge >= 0.3 is 0 Å². The van der Waals surface area contributed by atoms with E-state index < -0.39 is 0 Å². The van der Waals surface area contributed by atoms with Gasteiger partial charge in [-0.15, -0.1) is 0 Å². The molecule has 0 spiro atoms. The molecule has 1 N–H and O–H groups in total. The number of anilines is 2. The standard InChI is InChI=1S/C26H26N4O2/c1-29(2)22-12-8-20(9-13-22)24-6-3-4-7-25(24)26(31)28-21-10-14-23(15-11-21)32-19-18-30-17-5-16-27-30/h3-17H,18-19H2,1-2H3,(H,28,31). The summed E-state index contributed by atoms with van der Waals surface area (Å²) in [6, 6.07) is 25.1. The molecule has 0 radical (unpaired) electrons. The first-order chi connectivity index (χ1) is 15.6. The van der Waals surface area contributed by atoms with Crippen LogP contribution in [-0.4, -0.2) is 36.4 Å². The topological polar surface area (TPSA) is 59.4 Å². The molecule has 0 atom stereocenters. The van der Waals surface area contributed by atoms with Crippen LogP contribution in [0.15, 0.2) is 91.3 Å².